The van der Waals surface area contributed by atoms with Crippen LogP contribution < -0.4 is 5.73 Å². The Bertz CT molecular complexity index is 287. The average Bonchev–Trinajstić information content (AvgIpc) is 2.14. The highest BCUT2D eigenvalue weighted by atomic mass is 35.5. The van der Waals surface area contributed by atoms with Crippen molar-refractivity contribution in [2.45, 2.75) is 31.5 Å². The maximum atomic E-state index is 12.0. The van der Waals surface area contributed by atoms with Gasteiger partial charge in [0.1, 0.15) is 0 Å². The first kappa shape index (κ1) is 15.3. The van der Waals surface area contributed by atoms with Gasteiger partial charge in [0.2, 0.25) is 0 Å². The minimum Gasteiger partial charge on any atom is -0.327 e. The van der Waals surface area contributed by atoms with Gasteiger partial charge in [-0.05, 0) is 18.4 Å². The molecule has 0 saturated carbocycles. The molecule has 0 spiro atoms. The molecule has 1 unspecified atom stereocenters. The van der Waals surface area contributed by atoms with Crippen LogP contribution in [-0.4, -0.2) is 12.2 Å². The van der Waals surface area contributed by atoms with Crippen LogP contribution in [0, 0.1) is 0 Å². The fourth-order valence-corrected chi connectivity index (χ4v) is 1.40. The van der Waals surface area contributed by atoms with E-state index in [-0.39, 0.29) is 12.4 Å². The summed E-state index contributed by atoms with van der Waals surface area (Å²) in [7, 11) is 0. The predicted octanol–water partition coefficient (Wildman–Crippen LogP) is 3.32. The molecule has 0 amide bonds. The first-order valence-electron chi connectivity index (χ1n) is 4.83. The quantitative estimate of drug-likeness (QED) is 0.875. The average molecular weight is 254 g/mol. The zero-order valence-electron chi connectivity index (χ0n) is 8.70. The van der Waals surface area contributed by atoms with Gasteiger partial charge in [0.15, 0.2) is 0 Å². The van der Waals surface area contributed by atoms with Gasteiger partial charge >= 0.3 is 6.18 Å². The molecule has 1 atom stereocenters. The van der Waals surface area contributed by atoms with Gasteiger partial charge in [-0.25, -0.2) is 0 Å². The molecule has 0 aromatic heterocycles. The Morgan fingerprint density at radius 2 is 1.69 bits per heavy atom. The third kappa shape index (κ3) is 6.69. The van der Waals surface area contributed by atoms with Crippen molar-refractivity contribution in [3.8, 4) is 0 Å². The van der Waals surface area contributed by atoms with Crippen LogP contribution in [0.3, 0.4) is 0 Å². The third-order valence-corrected chi connectivity index (χ3v) is 2.14. The first-order valence-corrected chi connectivity index (χ1v) is 4.83. The van der Waals surface area contributed by atoms with E-state index in [9.17, 15) is 13.2 Å². The summed E-state index contributed by atoms with van der Waals surface area (Å²) in [6.45, 7) is 0. The predicted molar refractivity (Wildman–Crippen MR) is 60.7 cm³/mol. The van der Waals surface area contributed by atoms with Gasteiger partial charge in [0.05, 0.1) is 6.42 Å². The fraction of sp³-hybridized carbons (Fsp3) is 0.455. The molecule has 1 aromatic rings. The molecule has 0 bridgehead atoms. The van der Waals surface area contributed by atoms with Gasteiger partial charge in [-0.3, -0.25) is 0 Å². The van der Waals surface area contributed by atoms with Crippen LogP contribution in [0.25, 0.3) is 0 Å². The molecule has 16 heavy (non-hydrogen) atoms. The summed E-state index contributed by atoms with van der Waals surface area (Å²) >= 11 is 0. The number of hydrogen-bond donors (Lipinski definition) is 1. The third-order valence-electron chi connectivity index (χ3n) is 2.14. The van der Waals surface area contributed by atoms with E-state index in [0.29, 0.717) is 12.8 Å². The zero-order valence-corrected chi connectivity index (χ0v) is 9.52. The van der Waals surface area contributed by atoms with Crippen LogP contribution in [0.2, 0.25) is 0 Å². The Labute approximate surface area is 99.2 Å². The van der Waals surface area contributed by atoms with Crippen molar-refractivity contribution < 1.29 is 13.2 Å². The monoisotopic (exact) mass is 253 g/mol. The number of alkyl halides is 3. The number of benzene rings is 1. The van der Waals surface area contributed by atoms with Gasteiger partial charge in [0, 0.05) is 6.04 Å². The van der Waals surface area contributed by atoms with Gasteiger partial charge in [-0.2, -0.15) is 13.2 Å². The lowest BCUT2D eigenvalue weighted by Gasteiger charge is -2.13. The first-order chi connectivity index (χ1) is 6.97. The molecule has 0 fully saturated rings. The Hall–Kier alpha value is -0.740. The SMILES string of the molecule is Cl.NC(CCc1ccccc1)CC(F)(F)F. The second kappa shape index (κ2) is 6.76. The molecule has 0 radical (unpaired) electrons. The highest BCUT2D eigenvalue weighted by molar-refractivity contribution is 5.85. The normalized spacial score (nSPS) is 13.0. The van der Waals surface area contributed by atoms with Crippen LogP contribution in [0.5, 0.6) is 0 Å². The zero-order chi connectivity index (χ0) is 11.3. The lowest BCUT2D eigenvalue weighted by Crippen LogP contribution is -2.28. The highest BCUT2D eigenvalue weighted by Crippen LogP contribution is 2.22. The largest absolute Gasteiger partial charge is 0.390 e. The van der Waals surface area contributed by atoms with Gasteiger partial charge in [0.25, 0.3) is 0 Å². The Balaban J connectivity index is 0.00000225. The number of aryl methyl sites for hydroxylation is 1. The molecule has 1 nitrogen and oxygen atoms in total. The van der Waals surface area contributed by atoms with Crippen molar-refractivity contribution >= 4 is 12.4 Å². The lowest BCUT2D eigenvalue weighted by molar-refractivity contribution is -0.138. The lowest BCUT2D eigenvalue weighted by atomic mass is 10.0. The second-order valence-corrected chi connectivity index (χ2v) is 3.60. The van der Waals surface area contributed by atoms with E-state index in [0.717, 1.165) is 5.56 Å². The molecule has 0 saturated heterocycles. The summed E-state index contributed by atoms with van der Waals surface area (Å²) in [6.07, 6.45) is -4.10. The molecule has 2 N–H and O–H groups in total. The van der Waals surface area contributed by atoms with Crippen LogP contribution in [0.15, 0.2) is 30.3 Å². The minimum atomic E-state index is -4.16. The maximum absolute atomic E-state index is 12.0. The molecular weight excluding hydrogens is 239 g/mol. The summed E-state index contributed by atoms with van der Waals surface area (Å²) in [5.74, 6) is 0. The smallest absolute Gasteiger partial charge is 0.327 e. The van der Waals surface area contributed by atoms with Crippen LogP contribution in [0.4, 0.5) is 13.2 Å². The highest BCUT2D eigenvalue weighted by Gasteiger charge is 2.29. The summed E-state index contributed by atoms with van der Waals surface area (Å²) in [5, 5.41) is 0. The van der Waals surface area contributed by atoms with Gasteiger partial charge in [-0.1, -0.05) is 30.3 Å². The van der Waals surface area contributed by atoms with E-state index < -0.39 is 18.6 Å². The molecule has 0 aliphatic rings. The summed E-state index contributed by atoms with van der Waals surface area (Å²) < 4.78 is 35.9. The number of hydrogen-bond acceptors (Lipinski definition) is 1. The molecular formula is C11H15ClF3N. The number of halogens is 4. The van der Waals surface area contributed by atoms with Crippen molar-refractivity contribution in [3.05, 3.63) is 35.9 Å². The van der Waals surface area contributed by atoms with Crippen molar-refractivity contribution in [1.82, 2.24) is 0 Å². The molecule has 5 heteroatoms. The molecule has 1 aromatic carbocycles. The van der Waals surface area contributed by atoms with Crippen LogP contribution in [0.1, 0.15) is 18.4 Å². The van der Waals surface area contributed by atoms with E-state index in [2.05, 4.69) is 0 Å². The van der Waals surface area contributed by atoms with E-state index in [4.69, 9.17) is 5.73 Å². The summed E-state index contributed by atoms with van der Waals surface area (Å²) in [6, 6.07) is 8.58. The van der Waals surface area contributed by atoms with Gasteiger partial charge in [-0.15, -0.1) is 12.4 Å². The molecule has 0 aliphatic carbocycles. The Kier molecular flexibility index (Phi) is 6.45. The number of rotatable bonds is 4. The summed E-state index contributed by atoms with van der Waals surface area (Å²) in [5.41, 5.74) is 6.41. The van der Waals surface area contributed by atoms with Crippen LogP contribution >= 0.6 is 12.4 Å². The molecule has 1 rings (SSSR count). The van der Waals surface area contributed by atoms with Crippen molar-refractivity contribution in [1.29, 1.82) is 0 Å². The van der Waals surface area contributed by atoms with Crippen molar-refractivity contribution in [3.63, 3.8) is 0 Å². The number of nitrogens with two attached hydrogens (primary N) is 1. The topological polar surface area (TPSA) is 26.0 Å². The van der Waals surface area contributed by atoms with Crippen molar-refractivity contribution in [2.24, 2.45) is 5.73 Å². The van der Waals surface area contributed by atoms with Crippen molar-refractivity contribution in [2.75, 3.05) is 0 Å². The second-order valence-electron chi connectivity index (χ2n) is 3.60. The van der Waals surface area contributed by atoms with E-state index in [1.807, 2.05) is 30.3 Å². The maximum Gasteiger partial charge on any atom is 0.390 e. The fourth-order valence-electron chi connectivity index (χ4n) is 1.40. The van der Waals surface area contributed by atoms with E-state index in [1.165, 1.54) is 0 Å². The minimum absolute atomic E-state index is 0. The summed E-state index contributed by atoms with van der Waals surface area (Å²) in [4.78, 5) is 0. The molecule has 0 aliphatic heterocycles. The molecule has 92 valence electrons. The Morgan fingerprint density at radius 3 is 2.19 bits per heavy atom. The Morgan fingerprint density at radius 1 is 1.12 bits per heavy atom. The van der Waals surface area contributed by atoms with Gasteiger partial charge < -0.3 is 5.73 Å². The standard InChI is InChI=1S/C11H14F3N.ClH/c12-11(13,14)8-10(15)7-6-9-4-2-1-3-5-9;/h1-5,10H,6-8,15H2;1H. The molecule has 0 heterocycles. The van der Waals surface area contributed by atoms with E-state index in [1.54, 1.807) is 0 Å². The van der Waals surface area contributed by atoms with E-state index >= 15 is 0 Å². The van der Waals surface area contributed by atoms with Crippen LogP contribution in [-0.2, 0) is 6.42 Å².